The van der Waals surface area contributed by atoms with E-state index in [4.69, 9.17) is 4.52 Å². The quantitative estimate of drug-likeness (QED) is 0.659. The molecule has 0 bridgehead atoms. The largest absolute Gasteiger partial charge is 0.361 e. The molecular formula is C22H26FN5O2. The van der Waals surface area contributed by atoms with Gasteiger partial charge in [0.05, 0.1) is 28.3 Å². The summed E-state index contributed by atoms with van der Waals surface area (Å²) < 4.78 is 20.1. The van der Waals surface area contributed by atoms with Crippen LogP contribution in [0, 0.1) is 26.6 Å². The smallest absolute Gasteiger partial charge is 0.257 e. The number of aromatic nitrogens is 3. The standard InChI is InChI=1S/C22H26FN5O2/c1-15-13-19(25-30-15)14-26-9-4-10-27(12-11-26)22(29)21-16(2)24-28(17(21)3)20-7-5-18(23)6-8-20/h5-8,13H,4,9-12,14H2,1-3H3. The van der Waals surface area contributed by atoms with Crippen molar-refractivity contribution < 1.29 is 13.7 Å². The second-order valence-electron chi connectivity index (χ2n) is 7.78. The highest BCUT2D eigenvalue weighted by atomic mass is 19.1. The molecule has 1 amide bonds. The third-order valence-corrected chi connectivity index (χ3v) is 5.51. The molecule has 3 aromatic rings. The van der Waals surface area contributed by atoms with Crippen molar-refractivity contribution in [2.45, 2.75) is 33.7 Å². The molecule has 1 saturated heterocycles. The molecule has 0 spiro atoms. The van der Waals surface area contributed by atoms with Gasteiger partial charge in [0.15, 0.2) is 0 Å². The molecule has 0 aliphatic carbocycles. The Morgan fingerprint density at radius 1 is 1.10 bits per heavy atom. The van der Waals surface area contributed by atoms with Crippen LogP contribution in [0.15, 0.2) is 34.9 Å². The van der Waals surface area contributed by atoms with Gasteiger partial charge in [-0.2, -0.15) is 5.10 Å². The molecule has 7 nitrogen and oxygen atoms in total. The van der Waals surface area contributed by atoms with Crippen molar-refractivity contribution in [2.24, 2.45) is 0 Å². The molecule has 0 atom stereocenters. The predicted octanol–water partition coefficient (Wildman–Crippen LogP) is 3.27. The second-order valence-corrected chi connectivity index (χ2v) is 7.78. The lowest BCUT2D eigenvalue weighted by atomic mass is 10.1. The van der Waals surface area contributed by atoms with Gasteiger partial charge in [0.1, 0.15) is 11.6 Å². The molecule has 2 aromatic heterocycles. The number of carbonyl (C=O) groups excluding carboxylic acids is 1. The molecule has 4 rings (SSSR count). The minimum atomic E-state index is -0.300. The molecule has 30 heavy (non-hydrogen) atoms. The van der Waals surface area contributed by atoms with Gasteiger partial charge in [-0.15, -0.1) is 0 Å². The van der Waals surface area contributed by atoms with E-state index in [0.717, 1.165) is 48.9 Å². The van der Waals surface area contributed by atoms with Crippen molar-refractivity contribution in [1.29, 1.82) is 0 Å². The summed E-state index contributed by atoms with van der Waals surface area (Å²) in [5.74, 6) is 0.504. The zero-order chi connectivity index (χ0) is 21.3. The SMILES string of the molecule is Cc1cc(CN2CCCN(C(=O)c3c(C)nn(-c4ccc(F)cc4)c3C)CC2)no1. The summed E-state index contributed by atoms with van der Waals surface area (Å²) in [6.45, 7) is 9.37. The van der Waals surface area contributed by atoms with E-state index in [0.29, 0.717) is 24.3 Å². The zero-order valence-corrected chi connectivity index (χ0v) is 17.6. The summed E-state index contributed by atoms with van der Waals surface area (Å²) in [6, 6.07) is 8.07. The summed E-state index contributed by atoms with van der Waals surface area (Å²) >= 11 is 0. The van der Waals surface area contributed by atoms with E-state index in [2.05, 4.69) is 15.2 Å². The van der Waals surface area contributed by atoms with Crippen LogP contribution in [0.4, 0.5) is 4.39 Å². The highest BCUT2D eigenvalue weighted by Gasteiger charge is 2.26. The van der Waals surface area contributed by atoms with Gasteiger partial charge in [-0.25, -0.2) is 9.07 Å². The van der Waals surface area contributed by atoms with Crippen LogP contribution in [0.25, 0.3) is 5.69 Å². The Bertz CT molecular complexity index is 1040. The maximum atomic E-state index is 13.3. The van der Waals surface area contributed by atoms with E-state index >= 15 is 0 Å². The Hall–Kier alpha value is -3.00. The minimum absolute atomic E-state index is 0.00232. The van der Waals surface area contributed by atoms with Crippen LogP contribution in [0.5, 0.6) is 0 Å². The van der Waals surface area contributed by atoms with Crippen LogP contribution in [0.1, 0.15) is 39.6 Å². The molecule has 1 fully saturated rings. The first kappa shape index (κ1) is 20.3. The third kappa shape index (κ3) is 4.14. The highest BCUT2D eigenvalue weighted by molar-refractivity contribution is 5.96. The number of aryl methyl sites for hydroxylation is 2. The van der Waals surface area contributed by atoms with Crippen molar-refractivity contribution in [3.05, 3.63) is 64.6 Å². The average Bonchev–Trinajstić information content (AvgIpc) is 3.15. The van der Waals surface area contributed by atoms with Crippen LogP contribution >= 0.6 is 0 Å². The fourth-order valence-corrected chi connectivity index (χ4v) is 4.00. The number of hydrogen-bond donors (Lipinski definition) is 0. The van der Waals surface area contributed by atoms with Crippen molar-refractivity contribution >= 4 is 5.91 Å². The third-order valence-electron chi connectivity index (χ3n) is 5.51. The molecule has 0 saturated carbocycles. The first-order valence-electron chi connectivity index (χ1n) is 10.2. The van der Waals surface area contributed by atoms with Gasteiger partial charge in [0.25, 0.3) is 5.91 Å². The summed E-state index contributed by atoms with van der Waals surface area (Å²) in [7, 11) is 0. The summed E-state index contributed by atoms with van der Waals surface area (Å²) in [5, 5.41) is 8.61. The maximum Gasteiger partial charge on any atom is 0.257 e. The van der Waals surface area contributed by atoms with Crippen molar-refractivity contribution in [1.82, 2.24) is 24.7 Å². The lowest BCUT2D eigenvalue weighted by molar-refractivity contribution is 0.0759. The average molecular weight is 411 g/mol. The van der Waals surface area contributed by atoms with Crippen LogP contribution in [-0.2, 0) is 6.54 Å². The molecule has 8 heteroatoms. The number of hydrogen-bond acceptors (Lipinski definition) is 5. The van der Waals surface area contributed by atoms with E-state index in [1.54, 1.807) is 16.8 Å². The molecule has 1 aliphatic rings. The number of benzene rings is 1. The summed E-state index contributed by atoms with van der Waals surface area (Å²) in [5.41, 5.74) is 3.73. The lowest BCUT2D eigenvalue weighted by Gasteiger charge is -2.21. The van der Waals surface area contributed by atoms with Crippen molar-refractivity contribution in [3.8, 4) is 5.69 Å². The Balaban J connectivity index is 1.48. The fraction of sp³-hybridized carbons (Fsp3) is 0.409. The van der Waals surface area contributed by atoms with E-state index in [9.17, 15) is 9.18 Å². The van der Waals surface area contributed by atoms with E-state index in [1.807, 2.05) is 31.7 Å². The number of nitrogens with zero attached hydrogens (tertiary/aromatic N) is 5. The molecule has 3 heterocycles. The molecule has 1 aliphatic heterocycles. The maximum absolute atomic E-state index is 13.3. The topological polar surface area (TPSA) is 67.4 Å². The minimum Gasteiger partial charge on any atom is -0.361 e. The zero-order valence-electron chi connectivity index (χ0n) is 17.6. The van der Waals surface area contributed by atoms with Gasteiger partial charge in [-0.05, 0) is 51.5 Å². The Labute approximate surface area is 175 Å². The first-order chi connectivity index (χ1) is 14.4. The highest BCUT2D eigenvalue weighted by Crippen LogP contribution is 2.21. The molecule has 158 valence electrons. The normalized spacial score (nSPS) is 15.4. The van der Waals surface area contributed by atoms with Crippen LogP contribution < -0.4 is 0 Å². The van der Waals surface area contributed by atoms with Gasteiger partial charge in [0.2, 0.25) is 0 Å². The first-order valence-corrected chi connectivity index (χ1v) is 10.2. The Kier molecular flexibility index (Phi) is 5.67. The molecule has 1 aromatic carbocycles. The van der Waals surface area contributed by atoms with Gasteiger partial charge >= 0.3 is 0 Å². The monoisotopic (exact) mass is 411 g/mol. The molecule has 0 radical (unpaired) electrons. The Morgan fingerprint density at radius 2 is 1.87 bits per heavy atom. The van der Waals surface area contributed by atoms with Crippen LogP contribution in [0.3, 0.4) is 0 Å². The Morgan fingerprint density at radius 3 is 2.57 bits per heavy atom. The van der Waals surface area contributed by atoms with E-state index in [1.165, 1.54) is 12.1 Å². The molecular weight excluding hydrogens is 385 g/mol. The predicted molar refractivity (Wildman–Crippen MR) is 110 cm³/mol. The summed E-state index contributed by atoms with van der Waals surface area (Å²) in [6.07, 6.45) is 0.896. The van der Waals surface area contributed by atoms with Gasteiger partial charge in [-0.1, -0.05) is 5.16 Å². The van der Waals surface area contributed by atoms with Crippen molar-refractivity contribution in [2.75, 3.05) is 26.2 Å². The van der Waals surface area contributed by atoms with Crippen LogP contribution in [-0.4, -0.2) is 56.8 Å². The van der Waals surface area contributed by atoms with Gasteiger partial charge in [-0.3, -0.25) is 9.69 Å². The second kappa shape index (κ2) is 8.39. The van der Waals surface area contributed by atoms with Crippen molar-refractivity contribution in [3.63, 3.8) is 0 Å². The van der Waals surface area contributed by atoms with Gasteiger partial charge in [0, 0.05) is 38.8 Å². The summed E-state index contributed by atoms with van der Waals surface area (Å²) in [4.78, 5) is 17.5. The molecule has 0 unspecified atom stereocenters. The molecule has 0 N–H and O–H groups in total. The van der Waals surface area contributed by atoms with E-state index < -0.39 is 0 Å². The number of carbonyl (C=O) groups is 1. The number of halogens is 1. The lowest BCUT2D eigenvalue weighted by Crippen LogP contribution is -2.35. The number of amides is 1. The fourth-order valence-electron chi connectivity index (χ4n) is 4.00. The van der Waals surface area contributed by atoms with Gasteiger partial charge < -0.3 is 9.42 Å². The van der Waals surface area contributed by atoms with E-state index in [-0.39, 0.29) is 11.7 Å². The van der Waals surface area contributed by atoms with Crippen LogP contribution in [0.2, 0.25) is 0 Å². The number of rotatable bonds is 4.